The Morgan fingerprint density at radius 3 is 2.44 bits per heavy atom. The van der Waals surface area contributed by atoms with Crippen molar-refractivity contribution in [3.8, 4) is 17.3 Å². The molecule has 132 valence electrons. The van der Waals surface area contributed by atoms with Crippen LogP contribution in [0.25, 0.3) is 32.8 Å². The zero-order valence-corrected chi connectivity index (χ0v) is 14.3. The van der Waals surface area contributed by atoms with Crippen molar-refractivity contribution in [1.29, 1.82) is 5.26 Å². The molecule has 3 aromatic carbocycles. The Morgan fingerprint density at radius 2 is 1.70 bits per heavy atom. The first-order valence-corrected chi connectivity index (χ1v) is 8.29. The number of rotatable bonds is 1. The molecule has 1 heterocycles. The fourth-order valence-electron chi connectivity index (χ4n) is 3.51. The molecule has 0 N–H and O–H groups in total. The van der Waals surface area contributed by atoms with Crippen molar-refractivity contribution in [3.63, 3.8) is 0 Å². The van der Waals surface area contributed by atoms with Gasteiger partial charge in [0, 0.05) is 17.1 Å². The molecule has 0 aliphatic rings. The summed E-state index contributed by atoms with van der Waals surface area (Å²) < 4.78 is 40.7. The Bertz CT molecular complexity index is 1230. The van der Waals surface area contributed by atoms with Gasteiger partial charge in [-0.05, 0) is 46.8 Å². The van der Waals surface area contributed by atoms with Gasteiger partial charge in [0.05, 0.1) is 22.9 Å². The number of hydrogen-bond acceptors (Lipinski definition) is 2. The third kappa shape index (κ3) is 2.80. The monoisotopic (exact) mass is 362 g/mol. The van der Waals surface area contributed by atoms with Crippen molar-refractivity contribution in [3.05, 3.63) is 77.5 Å². The quantitative estimate of drug-likeness (QED) is 0.401. The maximum absolute atomic E-state index is 13.6. The lowest BCUT2D eigenvalue weighted by Gasteiger charge is -2.15. The summed E-state index contributed by atoms with van der Waals surface area (Å²) >= 11 is 0. The second kappa shape index (κ2) is 6.10. The zero-order valence-electron chi connectivity index (χ0n) is 14.3. The van der Waals surface area contributed by atoms with Gasteiger partial charge in [-0.1, -0.05) is 36.4 Å². The van der Waals surface area contributed by atoms with Gasteiger partial charge in [-0.3, -0.25) is 4.98 Å². The van der Waals surface area contributed by atoms with E-state index in [1.54, 1.807) is 12.1 Å². The van der Waals surface area contributed by atoms with E-state index in [1.165, 1.54) is 25.3 Å². The summed E-state index contributed by atoms with van der Waals surface area (Å²) in [5.41, 5.74) is 1.03. The molecule has 0 aliphatic carbocycles. The second-order valence-electron chi connectivity index (χ2n) is 6.37. The van der Waals surface area contributed by atoms with Crippen LogP contribution in [0.15, 0.2) is 60.8 Å². The van der Waals surface area contributed by atoms with Crippen molar-refractivity contribution in [2.75, 3.05) is 0 Å². The highest BCUT2D eigenvalue weighted by atomic mass is 19.4. The molecule has 2 nitrogen and oxygen atoms in total. The Balaban J connectivity index is 2.07. The molecular weight excluding hydrogens is 349 g/mol. The van der Waals surface area contributed by atoms with Gasteiger partial charge >= 0.3 is 6.18 Å². The fourth-order valence-corrected chi connectivity index (χ4v) is 3.51. The van der Waals surface area contributed by atoms with Crippen LogP contribution in [0.2, 0.25) is 0 Å². The Morgan fingerprint density at radius 1 is 0.926 bits per heavy atom. The highest BCUT2D eigenvalue weighted by molar-refractivity contribution is 6.00. The third-order valence-corrected chi connectivity index (χ3v) is 4.69. The maximum Gasteiger partial charge on any atom is 0.417 e. The van der Waals surface area contributed by atoms with Gasteiger partial charge in [0.15, 0.2) is 0 Å². The van der Waals surface area contributed by atoms with E-state index < -0.39 is 11.7 Å². The molecule has 0 fully saturated rings. The second-order valence-corrected chi connectivity index (χ2v) is 6.37. The van der Waals surface area contributed by atoms with Gasteiger partial charge < -0.3 is 0 Å². The number of benzene rings is 3. The maximum atomic E-state index is 13.6. The lowest BCUT2D eigenvalue weighted by atomic mass is 9.94. The fraction of sp³-hybridized carbons (Fsp3) is 0.0909. The molecular formula is C22H13F3N2. The number of fused-ring (bicyclic) bond motifs is 2. The Labute approximate surface area is 153 Å². The highest BCUT2D eigenvalue weighted by Crippen LogP contribution is 2.39. The van der Waals surface area contributed by atoms with E-state index in [1.807, 2.05) is 30.3 Å². The number of aromatic nitrogens is 1. The highest BCUT2D eigenvalue weighted by Gasteiger charge is 2.34. The lowest BCUT2D eigenvalue weighted by molar-refractivity contribution is -0.136. The first-order chi connectivity index (χ1) is 12.9. The van der Waals surface area contributed by atoms with Crippen LogP contribution in [-0.2, 0) is 6.18 Å². The minimum atomic E-state index is -4.45. The van der Waals surface area contributed by atoms with E-state index in [0.717, 1.165) is 10.8 Å². The van der Waals surface area contributed by atoms with Crippen LogP contribution in [0.4, 0.5) is 13.2 Å². The number of halogens is 3. The first kappa shape index (κ1) is 17.0. The number of nitriles is 1. The largest absolute Gasteiger partial charge is 0.417 e. The van der Waals surface area contributed by atoms with Gasteiger partial charge in [-0.15, -0.1) is 0 Å². The lowest BCUT2D eigenvalue weighted by Crippen LogP contribution is -2.08. The van der Waals surface area contributed by atoms with Crippen LogP contribution in [0.1, 0.15) is 16.7 Å². The Kier molecular flexibility index (Phi) is 3.85. The van der Waals surface area contributed by atoms with E-state index in [-0.39, 0.29) is 10.9 Å². The van der Waals surface area contributed by atoms with Crippen LogP contribution >= 0.6 is 0 Å². The molecule has 27 heavy (non-hydrogen) atoms. The topological polar surface area (TPSA) is 36.7 Å². The molecule has 0 bridgehead atoms. The molecule has 0 radical (unpaired) electrons. The minimum Gasteiger partial charge on any atom is -0.256 e. The normalized spacial score (nSPS) is 11.7. The average Bonchev–Trinajstić information content (AvgIpc) is 2.65. The molecule has 4 aromatic rings. The minimum absolute atomic E-state index is 0.110. The van der Waals surface area contributed by atoms with Crippen LogP contribution in [-0.4, -0.2) is 4.98 Å². The third-order valence-electron chi connectivity index (χ3n) is 4.69. The molecule has 4 rings (SSSR count). The predicted octanol–water partition coefficient (Wildman–Crippen LogP) is 6.25. The summed E-state index contributed by atoms with van der Waals surface area (Å²) in [5, 5.41) is 11.7. The van der Waals surface area contributed by atoms with E-state index in [9.17, 15) is 18.4 Å². The van der Waals surface area contributed by atoms with Crippen molar-refractivity contribution >= 4 is 21.5 Å². The van der Waals surface area contributed by atoms with Crippen LogP contribution in [0.5, 0.6) is 0 Å². The summed E-state index contributed by atoms with van der Waals surface area (Å²) in [6.45, 7) is 1.45. The van der Waals surface area contributed by atoms with Gasteiger partial charge in [0.1, 0.15) is 0 Å². The van der Waals surface area contributed by atoms with Gasteiger partial charge in [0.2, 0.25) is 0 Å². The number of nitrogens with zero attached hydrogens (tertiary/aromatic N) is 2. The number of aryl methyl sites for hydroxylation is 1. The average molecular weight is 362 g/mol. The van der Waals surface area contributed by atoms with E-state index in [2.05, 4.69) is 11.1 Å². The number of alkyl halides is 3. The zero-order chi connectivity index (χ0) is 19.2. The van der Waals surface area contributed by atoms with Crippen molar-refractivity contribution in [1.82, 2.24) is 4.98 Å². The summed E-state index contributed by atoms with van der Waals surface area (Å²) in [7, 11) is 0. The van der Waals surface area contributed by atoms with E-state index >= 15 is 0 Å². The molecule has 0 aliphatic heterocycles. The Hall–Kier alpha value is -3.39. The van der Waals surface area contributed by atoms with Crippen LogP contribution in [0, 0.1) is 18.3 Å². The van der Waals surface area contributed by atoms with Crippen LogP contribution < -0.4 is 0 Å². The predicted molar refractivity (Wildman–Crippen MR) is 99.1 cm³/mol. The smallest absolute Gasteiger partial charge is 0.256 e. The number of hydrogen-bond donors (Lipinski definition) is 0. The molecule has 0 atom stereocenters. The summed E-state index contributed by atoms with van der Waals surface area (Å²) in [6.07, 6.45) is -3.07. The summed E-state index contributed by atoms with van der Waals surface area (Å²) in [4.78, 5) is 4.34. The van der Waals surface area contributed by atoms with Gasteiger partial charge in [-0.25, -0.2) is 0 Å². The molecule has 0 saturated carbocycles. The van der Waals surface area contributed by atoms with Gasteiger partial charge in [0.25, 0.3) is 0 Å². The molecule has 1 aromatic heterocycles. The van der Waals surface area contributed by atoms with Crippen molar-refractivity contribution in [2.24, 2.45) is 0 Å². The molecule has 0 saturated heterocycles. The van der Waals surface area contributed by atoms with Crippen LogP contribution in [0.3, 0.4) is 0 Å². The molecule has 0 unspecified atom stereocenters. The van der Waals surface area contributed by atoms with E-state index in [4.69, 9.17) is 0 Å². The number of pyridine rings is 1. The first-order valence-electron chi connectivity index (χ1n) is 8.29. The molecule has 0 amide bonds. The van der Waals surface area contributed by atoms with Crippen molar-refractivity contribution in [2.45, 2.75) is 13.1 Å². The standard InChI is InChI=1S/C22H13F3N2/c1-13-6-7-19-18(20(13)22(23,24)25)8-9-27-21(19)15-10-14-4-2-3-5-17(14)16(11-15)12-26/h2-11H,1H3. The van der Waals surface area contributed by atoms with Crippen molar-refractivity contribution < 1.29 is 13.2 Å². The SMILES string of the molecule is Cc1ccc2c(-c3cc(C#N)c4ccccc4c3)nccc2c1C(F)(F)F. The summed E-state index contributed by atoms with van der Waals surface area (Å²) in [6, 6.07) is 17.6. The summed E-state index contributed by atoms with van der Waals surface area (Å²) in [5.74, 6) is 0. The molecule has 5 heteroatoms. The van der Waals surface area contributed by atoms with Gasteiger partial charge in [-0.2, -0.15) is 18.4 Å². The van der Waals surface area contributed by atoms with E-state index in [0.29, 0.717) is 22.2 Å². The molecule has 0 spiro atoms.